The standard InChI is InChI=1S/C15H14N2O5/c1-10-12(7-8-21-10)14(19)22-9-13(18)17-15(20)16-11-5-3-2-4-6-11/h2-8H,9H2,1H3,(H2,16,17,18,20). The van der Waals surface area contributed by atoms with Gasteiger partial charge < -0.3 is 14.5 Å². The van der Waals surface area contributed by atoms with Crippen LogP contribution in [-0.2, 0) is 9.53 Å². The molecule has 0 saturated carbocycles. The summed E-state index contributed by atoms with van der Waals surface area (Å²) < 4.78 is 9.75. The van der Waals surface area contributed by atoms with Gasteiger partial charge in [-0.05, 0) is 25.1 Å². The summed E-state index contributed by atoms with van der Waals surface area (Å²) in [5.41, 5.74) is 0.778. The first-order valence-electron chi connectivity index (χ1n) is 6.43. The third-order valence-corrected chi connectivity index (χ3v) is 2.70. The quantitative estimate of drug-likeness (QED) is 0.843. The minimum Gasteiger partial charge on any atom is -0.469 e. The van der Waals surface area contributed by atoms with Gasteiger partial charge in [0.05, 0.1) is 6.26 Å². The molecule has 0 bridgehead atoms. The van der Waals surface area contributed by atoms with E-state index in [0.717, 1.165) is 0 Å². The van der Waals surface area contributed by atoms with Crippen molar-refractivity contribution in [2.45, 2.75) is 6.92 Å². The molecule has 3 amide bonds. The number of esters is 1. The van der Waals surface area contributed by atoms with Crippen molar-refractivity contribution in [1.82, 2.24) is 5.32 Å². The van der Waals surface area contributed by atoms with E-state index in [1.807, 2.05) is 0 Å². The zero-order chi connectivity index (χ0) is 15.9. The lowest BCUT2D eigenvalue weighted by Crippen LogP contribution is -2.37. The number of carbonyl (C=O) groups is 3. The van der Waals surface area contributed by atoms with Crippen molar-refractivity contribution >= 4 is 23.6 Å². The highest BCUT2D eigenvalue weighted by Crippen LogP contribution is 2.09. The van der Waals surface area contributed by atoms with Gasteiger partial charge in [0.25, 0.3) is 5.91 Å². The molecule has 22 heavy (non-hydrogen) atoms. The lowest BCUT2D eigenvalue weighted by molar-refractivity contribution is -0.123. The molecule has 114 valence electrons. The Morgan fingerprint density at radius 2 is 1.86 bits per heavy atom. The van der Waals surface area contributed by atoms with Gasteiger partial charge in [-0.25, -0.2) is 9.59 Å². The number of benzene rings is 1. The number of furan rings is 1. The number of hydrogen-bond acceptors (Lipinski definition) is 5. The summed E-state index contributed by atoms with van der Waals surface area (Å²) in [7, 11) is 0. The molecule has 0 aliphatic carbocycles. The molecular weight excluding hydrogens is 288 g/mol. The van der Waals surface area contributed by atoms with Crippen LogP contribution in [0.3, 0.4) is 0 Å². The van der Waals surface area contributed by atoms with E-state index in [2.05, 4.69) is 10.6 Å². The van der Waals surface area contributed by atoms with Gasteiger partial charge >= 0.3 is 12.0 Å². The molecule has 0 atom stereocenters. The van der Waals surface area contributed by atoms with Crippen LogP contribution in [0.4, 0.5) is 10.5 Å². The summed E-state index contributed by atoms with van der Waals surface area (Å²) in [6.07, 6.45) is 1.35. The van der Waals surface area contributed by atoms with Crippen LogP contribution in [0, 0.1) is 6.92 Å². The highest BCUT2D eigenvalue weighted by molar-refractivity contribution is 6.02. The molecule has 7 nitrogen and oxygen atoms in total. The number of ether oxygens (including phenoxy) is 1. The topological polar surface area (TPSA) is 97.6 Å². The van der Waals surface area contributed by atoms with Gasteiger partial charge in [-0.2, -0.15) is 0 Å². The number of rotatable bonds is 4. The largest absolute Gasteiger partial charge is 0.469 e. The van der Waals surface area contributed by atoms with E-state index in [4.69, 9.17) is 9.15 Å². The molecule has 0 saturated heterocycles. The number of carbonyl (C=O) groups excluding carboxylic acids is 3. The molecule has 0 spiro atoms. The Kier molecular flexibility index (Phi) is 4.92. The maximum Gasteiger partial charge on any atom is 0.342 e. The van der Waals surface area contributed by atoms with Crippen molar-refractivity contribution in [1.29, 1.82) is 0 Å². The molecule has 0 radical (unpaired) electrons. The maximum atomic E-state index is 11.6. The number of imide groups is 1. The highest BCUT2D eigenvalue weighted by atomic mass is 16.5. The molecule has 0 aliphatic rings. The van der Waals surface area contributed by atoms with Gasteiger partial charge in [-0.3, -0.25) is 10.1 Å². The Morgan fingerprint density at radius 3 is 2.50 bits per heavy atom. The van der Waals surface area contributed by atoms with Crippen LogP contribution in [0.25, 0.3) is 0 Å². The van der Waals surface area contributed by atoms with Crippen molar-refractivity contribution in [3.05, 3.63) is 54.0 Å². The van der Waals surface area contributed by atoms with E-state index in [-0.39, 0.29) is 5.56 Å². The van der Waals surface area contributed by atoms with Crippen LogP contribution < -0.4 is 10.6 Å². The summed E-state index contributed by atoms with van der Waals surface area (Å²) >= 11 is 0. The minimum atomic E-state index is -0.733. The number of urea groups is 1. The monoisotopic (exact) mass is 302 g/mol. The summed E-state index contributed by atoms with van der Waals surface area (Å²) in [6, 6.07) is 9.37. The van der Waals surface area contributed by atoms with Crippen LogP contribution in [0.15, 0.2) is 47.1 Å². The number of nitrogens with one attached hydrogen (secondary N) is 2. The second-order valence-electron chi connectivity index (χ2n) is 4.33. The van der Waals surface area contributed by atoms with Gasteiger partial charge in [0, 0.05) is 5.69 Å². The third-order valence-electron chi connectivity index (χ3n) is 2.70. The van der Waals surface area contributed by atoms with Crippen molar-refractivity contribution in [2.75, 3.05) is 11.9 Å². The Hall–Kier alpha value is -3.09. The van der Waals surface area contributed by atoms with E-state index in [1.54, 1.807) is 37.3 Å². The molecule has 1 aromatic carbocycles. The first kappa shape index (κ1) is 15.3. The Labute approximate surface area is 126 Å². The maximum absolute atomic E-state index is 11.6. The molecular formula is C15H14N2O5. The smallest absolute Gasteiger partial charge is 0.342 e. The second-order valence-corrected chi connectivity index (χ2v) is 4.33. The minimum absolute atomic E-state index is 0.238. The molecule has 0 aliphatic heterocycles. The van der Waals surface area contributed by atoms with Crippen molar-refractivity contribution < 1.29 is 23.5 Å². The number of hydrogen-bond donors (Lipinski definition) is 2. The zero-order valence-electron chi connectivity index (χ0n) is 11.8. The van der Waals surface area contributed by atoms with Gasteiger partial charge in [0.15, 0.2) is 6.61 Å². The Morgan fingerprint density at radius 1 is 1.14 bits per heavy atom. The molecule has 1 aromatic heterocycles. The van der Waals surface area contributed by atoms with Gasteiger partial charge in [-0.1, -0.05) is 18.2 Å². The molecule has 2 N–H and O–H groups in total. The van der Waals surface area contributed by atoms with Gasteiger partial charge in [0.2, 0.25) is 0 Å². The van der Waals surface area contributed by atoms with E-state index in [9.17, 15) is 14.4 Å². The molecule has 0 unspecified atom stereocenters. The number of amides is 3. The van der Waals surface area contributed by atoms with Crippen LogP contribution >= 0.6 is 0 Å². The van der Waals surface area contributed by atoms with Crippen LogP contribution in [0.1, 0.15) is 16.1 Å². The zero-order valence-corrected chi connectivity index (χ0v) is 11.8. The highest BCUT2D eigenvalue weighted by Gasteiger charge is 2.15. The Balaban J connectivity index is 1.77. The number of aryl methyl sites for hydroxylation is 1. The van der Waals surface area contributed by atoms with Crippen LogP contribution in [0.2, 0.25) is 0 Å². The lowest BCUT2D eigenvalue weighted by atomic mass is 10.3. The first-order valence-corrected chi connectivity index (χ1v) is 6.43. The summed E-state index contributed by atoms with van der Waals surface area (Å²) in [5, 5.41) is 4.52. The van der Waals surface area contributed by atoms with Gasteiger partial charge in [0.1, 0.15) is 11.3 Å². The molecule has 7 heteroatoms. The predicted octanol–water partition coefficient (Wildman–Crippen LogP) is 2.09. The number of anilines is 1. The summed E-state index contributed by atoms with van der Waals surface area (Å²) in [6.45, 7) is 1.04. The molecule has 1 heterocycles. The lowest BCUT2D eigenvalue weighted by Gasteiger charge is -2.07. The average molecular weight is 302 g/mol. The third kappa shape index (κ3) is 4.20. The number of para-hydroxylation sites is 1. The fourth-order valence-electron chi connectivity index (χ4n) is 1.65. The molecule has 0 fully saturated rings. The second kappa shape index (κ2) is 7.07. The van der Waals surface area contributed by atoms with Crippen molar-refractivity contribution in [3.63, 3.8) is 0 Å². The fraction of sp³-hybridized carbons (Fsp3) is 0.133. The summed E-state index contributed by atoms with van der Waals surface area (Å²) in [5.74, 6) is -1.03. The van der Waals surface area contributed by atoms with E-state index in [0.29, 0.717) is 11.4 Å². The van der Waals surface area contributed by atoms with E-state index >= 15 is 0 Å². The van der Waals surface area contributed by atoms with Crippen molar-refractivity contribution in [3.8, 4) is 0 Å². The molecule has 2 rings (SSSR count). The fourth-order valence-corrected chi connectivity index (χ4v) is 1.65. The SMILES string of the molecule is Cc1occc1C(=O)OCC(=O)NC(=O)Nc1ccccc1. The first-order chi connectivity index (χ1) is 10.6. The summed E-state index contributed by atoms with van der Waals surface area (Å²) in [4.78, 5) is 34.7. The van der Waals surface area contributed by atoms with Crippen molar-refractivity contribution in [2.24, 2.45) is 0 Å². The van der Waals surface area contributed by atoms with Crippen LogP contribution in [0.5, 0.6) is 0 Å². The normalized spacial score (nSPS) is 9.86. The van der Waals surface area contributed by atoms with E-state index < -0.39 is 24.5 Å². The molecule has 2 aromatic rings. The van der Waals surface area contributed by atoms with Crippen LogP contribution in [-0.4, -0.2) is 24.5 Å². The predicted molar refractivity (Wildman–Crippen MR) is 77.3 cm³/mol. The van der Waals surface area contributed by atoms with E-state index in [1.165, 1.54) is 12.3 Å². The average Bonchev–Trinajstić information content (AvgIpc) is 2.92. The Bertz CT molecular complexity index is 678. The van der Waals surface area contributed by atoms with Gasteiger partial charge in [-0.15, -0.1) is 0 Å².